The fourth-order valence-corrected chi connectivity index (χ4v) is 6.74. The number of fused-ring (bicyclic) bond motifs is 3. The lowest BCUT2D eigenvalue weighted by Crippen LogP contribution is -2.41. The summed E-state index contributed by atoms with van der Waals surface area (Å²) in [6.07, 6.45) is 13.8. The van der Waals surface area contributed by atoms with Crippen LogP contribution in [0.5, 0.6) is 0 Å². The van der Waals surface area contributed by atoms with E-state index in [4.69, 9.17) is 5.26 Å². The normalized spacial score (nSPS) is 36.7. The predicted molar refractivity (Wildman–Crippen MR) is 103 cm³/mol. The summed E-state index contributed by atoms with van der Waals surface area (Å²) in [7, 11) is 0. The van der Waals surface area contributed by atoms with Crippen molar-refractivity contribution >= 4 is 0 Å². The molecular weight excluding hydrogens is 321 g/mol. The molecule has 0 saturated heterocycles. The van der Waals surface area contributed by atoms with Crippen LogP contribution in [-0.4, -0.2) is 0 Å². The highest BCUT2D eigenvalue weighted by molar-refractivity contribution is 5.35. The van der Waals surface area contributed by atoms with E-state index in [-0.39, 0.29) is 11.4 Å². The predicted octanol–water partition coefficient (Wildman–Crippen LogP) is 6.82. The molecule has 6 unspecified atom stereocenters. The Morgan fingerprint density at radius 1 is 1.00 bits per heavy atom. The lowest BCUT2D eigenvalue weighted by atomic mass is 9.55. The Balaban J connectivity index is 1.42. The molecule has 2 heteroatoms. The Morgan fingerprint density at radius 2 is 1.73 bits per heavy atom. The van der Waals surface area contributed by atoms with Crippen LogP contribution >= 0.6 is 0 Å². The third-order valence-electron chi connectivity index (χ3n) is 7.93. The van der Waals surface area contributed by atoms with Crippen LogP contribution in [0.3, 0.4) is 0 Å². The van der Waals surface area contributed by atoms with Gasteiger partial charge in [-0.3, -0.25) is 0 Å². The molecule has 0 N–H and O–H groups in total. The summed E-state index contributed by atoms with van der Waals surface area (Å²) >= 11 is 0. The van der Waals surface area contributed by atoms with Crippen molar-refractivity contribution < 1.29 is 4.39 Å². The van der Waals surface area contributed by atoms with E-state index < -0.39 is 0 Å². The van der Waals surface area contributed by atoms with Crippen LogP contribution in [0, 0.1) is 46.7 Å². The van der Waals surface area contributed by atoms with Gasteiger partial charge in [0.05, 0.1) is 5.56 Å². The molecule has 3 aliphatic rings. The highest BCUT2D eigenvalue weighted by atomic mass is 19.1. The Kier molecular flexibility index (Phi) is 5.35. The van der Waals surface area contributed by atoms with Crippen LogP contribution in [0.2, 0.25) is 0 Å². The van der Waals surface area contributed by atoms with E-state index >= 15 is 0 Å². The minimum absolute atomic E-state index is 0.173. The zero-order chi connectivity index (χ0) is 18.1. The molecule has 0 aliphatic heterocycles. The van der Waals surface area contributed by atoms with Crippen LogP contribution in [0.4, 0.5) is 4.39 Å². The smallest absolute Gasteiger partial charge is 0.141 e. The molecule has 1 aromatic rings. The average molecular weight is 354 g/mol. The van der Waals surface area contributed by atoms with Gasteiger partial charge in [0.2, 0.25) is 0 Å². The molecule has 0 radical (unpaired) electrons. The first-order valence-corrected chi connectivity index (χ1v) is 10.9. The SMILES string of the molecule is CCCC1CCC2C(CCC3CC(c4ccc(C#N)c(F)c4)CCC32)C1. The molecule has 3 saturated carbocycles. The van der Waals surface area contributed by atoms with E-state index in [9.17, 15) is 4.39 Å². The van der Waals surface area contributed by atoms with Gasteiger partial charge < -0.3 is 0 Å². The Bertz CT molecular complexity index is 675. The van der Waals surface area contributed by atoms with Crippen molar-refractivity contribution in [2.75, 3.05) is 0 Å². The van der Waals surface area contributed by atoms with Crippen molar-refractivity contribution in [1.29, 1.82) is 5.26 Å². The zero-order valence-corrected chi connectivity index (χ0v) is 16.1. The molecule has 4 rings (SSSR count). The van der Waals surface area contributed by atoms with Crippen LogP contribution in [-0.2, 0) is 0 Å². The molecule has 0 bridgehead atoms. The molecule has 3 aliphatic carbocycles. The van der Waals surface area contributed by atoms with Gasteiger partial charge in [-0.25, -0.2) is 4.39 Å². The maximum atomic E-state index is 14.0. The Morgan fingerprint density at radius 3 is 2.42 bits per heavy atom. The lowest BCUT2D eigenvalue weighted by Gasteiger charge is -2.51. The fourth-order valence-electron chi connectivity index (χ4n) is 6.74. The van der Waals surface area contributed by atoms with Crippen LogP contribution in [0.15, 0.2) is 18.2 Å². The zero-order valence-electron chi connectivity index (χ0n) is 16.1. The second kappa shape index (κ2) is 7.71. The molecule has 0 heterocycles. The lowest BCUT2D eigenvalue weighted by molar-refractivity contribution is 0.00541. The number of hydrogen-bond donors (Lipinski definition) is 0. The number of rotatable bonds is 3. The van der Waals surface area contributed by atoms with E-state index in [0.717, 1.165) is 35.2 Å². The molecule has 26 heavy (non-hydrogen) atoms. The van der Waals surface area contributed by atoms with Crippen molar-refractivity contribution in [3.8, 4) is 6.07 Å². The first kappa shape index (κ1) is 18.0. The molecular formula is C24H32FN. The molecule has 6 atom stereocenters. The van der Waals surface area contributed by atoms with Crippen LogP contribution < -0.4 is 0 Å². The largest absolute Gasteiger partial charge is 0.206 e. The topological polar surface area (TPSA) is 23.8 Å². The highest BCUT2D eigenvalue weighted by Crippen LogP contribution is 2.55. The van der Waals surface area contributed by atoms with Gasteiger partial charge in [-0.15, -0.1) is 0 Å². The minimum Gasteiger partial charge on any atom is -0.206 e. The van der Waals surface area contributed by atoms with Gasteiger partial charge in [-0.05, 0) is 98.1 Å². The first-order chi connectivity index (χ1) is 12.7. The highest BCUT2D eigenvalue weighted by Gasteiger charge is 2.44. The number of nitriles is 1. The first-order valence-electron chi connectivity index (χ1n) is 10.9. The number of benzene rings is 1. The van der Waals surface area contributed by atoms with Crippen LogP contribution in [0.1, 0.15) is 88.2 Å². The summed E-state index contributed by atoms with van der Waals surface area (Å²) in [6.45, 7) is 2.33. The van der Waals surface area contributed by atoms with Gasteiger partial charge in [0.25, 0.3) is 0 Å². The number of hydrogen-bond acceptors (Lipinski definition) is 1. The molecule has 3 fully saturated rings. The van der Waals surface area contributed by atoms with Gasteiger partial charge in [0, 0.05) is 0 Å². The molecule has 0 amide bonds. The van der Waals surface area contributed by atoms with E-state index in [2.05, 4.69) is 6.92 Å². The second-order valence-corrected chi connectivity index (χ2v) is 9.25. The summed E-state index contributed by atoms with van der Waals surface area (Å²) in [6, 6.07) is 7.23. The average Bonchev–Trinajstić information content (AvgIpc) is 2.67. The Labute approximate surface area is 158 Å². The maximum Gasteiger partial charge on any atom is 0.141 e. The molecule has 1 nitrogen and oxygen atoms in total. The Hall–Kier alpha value is -1.36. The van der Waals surface area contributed by atoms with E-state index in [1.165, 1.54) is 64.2 Å². The monoisotopic (exact) mass is 353 g/mol. The van der Waals surface area contributed by atoms with Gasteiger partial charge in [0.1, 0.15) is 11.9 Å². The van der Waals surface area contributed by atoms with Crippen molar-refractivity contribution in [1.82, 2.24) is 0 Å². The maximum absolute atomic E-state index is 14.0. The molecule has 0 spiro atoms. The summed E-state index contributed by atoms with van der Waals surface area (Å²) in [5, 5.41) is 8.95. The third kappa shape index (κ3) is 3.42. The second-order valence-electron chi connectivity index (χ2n) is 9.25. The number of halogens is 1. The fraction of sp³-hybridized carbons (Fsp3) is 0.708. The van der Waals surface area contributed by atoms with Crippen molar-refractivity contribution in [3.63, 3.8) is 0 Å². The summed E-state index contributed by atoms with van der Waals surface area (Å²) in [5.74, 6) is 4.88. The number of nitrogens with zero attached hydrogens (tertiary/aromatic N) is 1. The minimum atomic E-state index is -0.343. The van der Waals surface area contributed by atoms with E-state index in [0.29, 0.717) is 5.92 Å². The van der Waals surface area contributed by atoms with Crippen molar-refractivity contribution in [3.05, 3.63) is 35.1 Å². The van der Waals surface area contributed by atoms with E-state index in [1.54, 1.807) is 12.1 Å². The molecule has 140 valence electrons. The summed E-state index contributed by atoms with van der Waals surface area (Å²) in [5.41, 5.74) is 1.29. The van der Waals surface area contributed by atoms with E-state index in [1.807, 2.05) is 12.1 Å². The summed E-state index contributed by atoms with van der Waals surface area (Å²) < 4.78 is 14.0. The van der Waals surface area contributed by atoms with Gasteiger partial charge in [-0.1, -0.05) is 32.3 Å². The summed E-state index contributed by atoms with van der Waals surface area (Å²) in [4.78, 5) is 0. The molecule has 1 aromatic carbocycles. The third-order valence-corrected chi connectivity index (χ3v) is 7.93. The van der Waals surface area contributed by atoms with Crippen LogP contribution in [0.25, 0.3) is 0 Å². The standard InChI is InChI=1S/C24H32FN/c1-2-3-16-4-10-22-19(12-16)6-7-20-13-17(9-11-23(20)22)18-5-8-21(15-26)24(25)14-18/h5,8,14,16-17,19-20,22-23H,2-4,6-7,9-13H2,1H3. The van der Waals surface area contributed by atoms with Gasteiger partial charge >= 0.3 is 0 Å². The van der Waals surface area contributed by atoms with Gasteiger partial charge in [0.15, 0.2) is 0 Å². The van der Waals surface area contributed by atoms with Crippen molar-refractivity contribution in [2.45, 2.75) is 77.0 Å². The quantitative estimate of drug-likeness (QED) is 0.584. The van der Waals surface area contributed by atoms with Gasteiger partial charge in [-0.2, -0.15) is 5.26 Å². The van der Waals surface area contributed by atoms with Crippen molar-refractivity contribution in [2.24, 2.45) is 29.6 Å². The molecule has 0 aromatic heterocycles.